The molecule has 2 aromatic rings. The van der Waals surface area contributed by atoms with Crippen molar-refractivity contribution in [3.05, 3.63) is 52.7 Å². The van der Waals surface area contributed by atoms with Gasteiger partial charge in [0.1, 0.15) is 0 Å². The summed E-state index contributed by atoms with van der Waals surface area (Å²) < 4.78 is 2.19. The lowest BCUT2D eigenvalue weighted by Crippen LogP contribution is -2.11. The molecule has 21 heavy (non-hydrogen) atoms. The van der Waals surface area contributed by atoms with E-state index in [2.05, 4.69) is 31.9 Å². The summed E-state index contributed by atoms with van der Waals surface area (Å²) >= 11 is 10.2. The zero-order valence-electron chi connectivity index (χ0n) is 11.1. The van der Waals surface area contributed by atoms with E-state index in [4.69, 9.17) is 0 Å². The first-order valence-electron chi connectivity index (χ1n) is 6.58. The second kappa shape index (κ2) is 6.73. The number of Topliss-reactive ketones (excluding diaryl/α,β-unsaturated/α-hetero) is 1. The van der Waals surface area contributed by atoms with Gasteiger partial charge >= 0.3 is 0 Å². The molecular formula is C16H12Br2OS2. The standard InChI is InChI=1S/C16H12Br2OS2/c17-14-6-4-12(20-14)8-10-2-1-3-11(16(10)19)9-13-5-7-15(18)21-13/h4-9H,1-3H2/b10-8+,11-9+. The number of carbonyl (C=O) groups excluding carboxylic acids is 1. The van der Waals surface area contributed by atoms with Gasteiger partial charge in [0.25, 0.3) is 0 Å². The Morgan fingerprint density at radius 1 is 0.857 bits per heavy atom. The quantitative estimate of drug-likeness (QED) is 0.480. The molecule has 0 bridgehead atoms. The number of allylic oxidation sites excluding steroid dienone is 2. The highest BCUT2D eigenvalue weighted by Gasteiger charge is 2.20. The number of carbonyl (C=O) groups is 1. The number of thiophene rings is 2. The molecule has 3 rings (SSSR count). The van der Waals surface area contributed by atoms with E-state index in [0.717, 1.165) is 47.7 Å². The average molecular weight is 444 g/mol. The van der Waals surface area contributed by atoms with Crippen LogP contribution in [0.1, 0.15) is 29.0 Å². The maximum Gasteiger partial charge on any atom is 0.185 e. The van der Waals surface area contributed by atoms with Crippen molar-refractivity contribution < 1.29 is 4.79 Å². The normalized spacial score (nSPS) is 19.6. The van der Waals surface area contributed by atoms with Crippen molar-refractivity contribution in [2.24, 2.45) is 0 Å². The Labute approximate surface area is 148 Å². The first-order chi connectivity index (χ1) is 10.1. The predicted octanol–water partition coefficient (Wildman–Crippen LogP) is 6.55. The largest absolute Gasteiger partial charge is 0.289 e. The van der Waals surface area contributed by atoms with Gasteiger partial charge in [-0.3, -0.25) is 4.79 Å². The van der Waals surface area contributed by atoms with E-state index < -0.39 is 0 Å². The molecule has 0 N–H and O–H groups in total. The van der Waals surface area contributed by atoms with Crippen molar-refractivity contribution in [3.63, 3.8) is 0 Å². The van der Waals surface area contributed by atoms with E-state index in [0.29, 0.717) is 0 Å². The average Bonchev–Trinajstić information content (AvgIpc) is 3.03. The molecule has 2 heterocycles. The zero-order valence-corrected chi connectivity index (χ0v) is 15.9. The molecule has 1 fully saturated rings. The van der Waals surface area contributed by atoms with Crippen molar-refractivity contribution in [1.29, 1.82) is 0 Å². The van der Waals surface area contributed by atoms with E-state index in [1.54, 1.807) is 22.7 Å². The van der Waals surface area contributed by atoms with Crippen LogP contribution in [0.15, 0.2) is 43.0 Å². The zero-order chi connectivity index (χ0) is 14.8. The van der Waals surface area contributed by atoms with Crippen molar-refractivity contribution >= 4 is 72.5 Å². The van der Waals surface area contributed by atoms with E-state index in [1.807, 2.05) is 36.4 Å². The molecule has 1 nitrogen and oxygen atoms in total. The van der Waals surface area contributed by atoms with Crippen molar-refractivity contribution in [1.82, 2.24) is 0 Å². The summed E-state index contributed by atoms with van der Waals surface area (Å²) in [4.78, 5) is 14.9. The lowest BCUT2D eigenvalue weighted by molar-refractivity contribution is -0.112. The van der Waals surface area contributed by atoms with E-state index in [1.165, 1.54) is 0 Å². The maximum atomic E-state index is 12.6. The third-order valence-corrected chi connectivity index (χ3v) is 6.44. The van der Waals surface area contributed by atoms with E-state index in [-0.39, 0.29) is 5.78 Å². The summed E-state index contributed by atoms with van der Waals surface area (Å²) in [6, 6.07) is 8.13. The first-order valence-corrected chi connectivity index (χ1v) is 9.80. The molecule has 0 saturated heterocycles. The molecule has 1 aliphatic carbocycles. The number of rotatable bonds is 2. The molecule has 108 valence electrons. The molecular weight excluding hydrogens is 432 g/mol. The van der Waals surface area contributed by atoms with Crippen molar-refractivity contribution in [2.45, 2.75) is 19.3 Å². The fourth-order valence-corrected chi connectivity index (χ4v) is 5.12. The minimum atomic E-state index is 0.204. The highest BCUT2D eigenvalue weighted by Crippen LogP contribution is 2.32. The summed E-state index contributed by atoms with van der Waals surface area (Å²) in [6.07, 6.45) is 6.87. The smallest absolute Gasteiger partial charge is 0.185 e. The monoisotopic (exact) mass is 442 g/mol. The van der Waals surface area contributed by atoms with E-state index in [9.17, 15) is 4.79 Å². The number of ketones is 1. The van der Waals surface area contributed by atoms with E-state index >= 15 is 0 Å². The minimum Gasteiger partial charge on any atom is -0.289 e. The molecule has 0 atom stereocenters. The summed E-state index contributed by atoms with van der Waals surface area (Å²) in [6.45, 7) is 0. The lowest BCUT2D eigenvalue weighted by Gasteiger charge is -2.16. The molecule has 0 unspecified atom stereocenters. The Morgan fingerprint density at radius 3 is 1.71 bits per heavy atom. The highest BCUT2D eigenvalue weighted by molar-refractivity contribution is 9.11. The highest BCUT2D eigenvalue weighted by atomic mass is 79.9. The SMILES string of the molecule is O=C1/C(=C/c2ccc(Br)s2)CCC/C1=C\c1ccc(Br)s1. The fraction of sp³-hybridized carbons (Fsp3) is 0.188. The topological polar surface area (TPSA) is 17.1 Å². The van der Waals surface area contributed by atoms with Gasteiger partial charge in [0.15, 0.2) is 5.78 Å². The summed E-state index contributed by atoms with van der Waals surface area (Å²) in [5.74, 6) is 0.204. The van der Waals surface area contributed by atoms with Crippen LogP contribution >= 0.6 is 54.5 Å². The minimum absolute atomic E-state index is 0.204. The van der Waals surface area contributed by atoms with Crippen LogP contribution in [-0.2, 0) is 4.79 Å². The van der Waals surface area contributed by atoms with Crippen molar-refractivity contribution in [3.8, 4) is 0 Å². The van der Waals surface area contributed by atoms with Crippen LogP contribution in [0.4, 0.5) is 0 Å². The van der Waals surface area contributed by atoms with Gasteiger partial charge in [-0.25, -0.2) is 0 Å². The summed E-state index contributed by atoms with van der Waals surface area (Å²) in [7, 11) is 0. The second-order valence-electron chi connectivity index (χ2n) is 4.81. The Balaban J connectivity index is 1.87. The first kappa shape index (κ1) is 15.4. The molecule has 1 saturated carbocycles. The molecule has 1 aliphatic rings. The van der Waals surface area contributed by atoms with Gasteiger partial charge in [-0.15, -0.1) is 22.7 Å². The Morgan fingerprint density at radius 2 is 1.33 bits per heavy atom. The fourth-order valence-electron chi connectivity index (χ4n) is 2.33. The Kier molecular flexibility index (Phi) is 4.94. The number of halogens is 2. The molecule has 0 radical (unpaired) electrons. The molecule has 0 amide bonds. The van der Waals surface area contributed by atoms with Crippen LogP contribution in [0.3, 0.4) is 0 Å². The molecule has 5 heteroatoms. The maximum absolute atomic E-state index is 12.6. The number of hydrogen-bond donors (Lipinski definition) is 0. The van der Waals surface area contributed by atoms with Gasteiger partial charge in [0.2, 0.25) is 0 Å². The molecule has 0 aliphatic heterocycles. The third-order valence-electron chi connectivity index (χ3n) is 3.30. The number of hydrogen-bond acceptors (Lipinski definition) is 3. The van der Waals surface area contributed by atoms with Gasteiger partial charge < -0.3 is 0 Å². The van der Waals surface area contributed by atoms with Crippen LogP contribution in [0, 0.1) is 0 Å². The van der Waals surface area contributed by atoms with Gasteiger partial charge in [0.05, 0.1) is 7.57 Å². The van der Waals surface area contributed by atoms with Gasteiger partial charge in [-0.05, 0) is 87.5 Å². The third kappa shape index (κ3) is 3.83. The molecule has 0 aromatic carbocycles. The van der Waals surface area contributed by atoms with Crippen LogP contribution in [0.2, 0.25) is 0 Å². The van der Waals surface area contributed by atoms with Crippen molar-refractivity contribution in [2.75, 3.05) is 0 Å². The van der Waals surface area contributed by atoms with Gasteiger partial charge in [-0.1, -0.05) is 0 Å². The van der Waals surface area contributed by atoms with Gasteiger partial charge in [-0.2, -0.15) is 0 Å². The van der Waals surface area contributed by atoms with Gasteiger partial charge in [0, 0.05) is 20.9 Å². The van der Waals surface area contributed by atoms with Crippen LogP contribution in [0.5, 0.6) is 0 Å². The molecule has 2 aromatic heterocycles. The predicted molar refractivity (Wildman–Crippen MR) is 98.9 cm³/mol. The second-order valence-corrected chi connectivity index (χ2v) is 9.79. The molecule has 0 spiro atoms. The summed E-state index contributed by atoms with van der Waals surface area (Å²) in [5, 5.41) is 0. The summed E-state index contributed by atoms with van der Waals surface area (Å²) in [5.41, 5.74) is 1.86. The van der Waals surface area contributed by atoms with Crippen LogP contribution in [-0.4, -0.2) is 5.78 Å². The van der Waals surface area contributed by atoms with Crippen LogP contribution < -0.4 is 0 Å². The Hall–Kier alpha value is -0.490. The lowest BCUT2D eigenvalue weighted by atomic mass is 9.88. The van der Waals surface area contributed by atoms with Crippen LogP contribution in [0.25, 0.3) is 12.2 Å². The Bertz CT molecular complexity index is 677.